The van der Waals surface area contributed by atoms with Gasteiger partial charge < -0.3 is 11.1 Å². The largest absolute Gasteiger partial charge is 0.366 e. The van der Waals surface area contributed by atoms with Crippen molar-refractivity contribution < 1.29 is 14.4 Å². The molecule has 1 unspecified atom stereocenters. The Morgan fingerprint density at radius 3 is 2.79 bits per heavy atom. The van der Waals surface area contributed by atoms with Crippen molar-refractivity contribution in [3.8, 4) is 0 Å². The summed E-state index contributed by atoms with van der Waals surface area (Å²) in [5.74, 6) is -1.07. The van der Waals surface area contributed by atoms with Gasteiger partial charge in [-0.2, -0.15) is 0 Å². The summed E-state index contributed by atoms with van der Waals surface area (Å²) in [7, 11) is 0. The topological polar surface area (TPSA) is 101 Å². The lowest BCUT2D eigenvalue weighted by Crippen LogP contribution is -2.50. The van der Waals surface area contributed by atoms with E-state index in [1.54, 1.807) is 24.3 Å². The van der Waals surface area contributed by atoms with Crippen LogP contribution >= 0.6 is 0 Å². The number of carbonyl (C=O) groups excluding carboxylic acids is 3. The van der Waals surface area contributed by atoms with E-state index >= 15 is 0 Å². The summed E-state index contributed by atoms with van der Waals surface area (Å²) in [4.78, 5) is 33.8. The van der Waals surface area contributed by atoms with Crippen LogP contribution in [0.3, 0.4) is 0 Å². The molecular formula is C13H15N3O3. The van der Waals surface area contributed by atoms with Crippen molar-refractivity contribution in [2.24, 2.45) is 5.73 Å². The molecule has 1 aromatic carbocycles. The highest BCUT2D eigenvalue weighted by molar-refractivity contribution is 6.00. The minimum Gasteiger partial charge on any atom is -0.366 e. The SMILES string of the molecule is NC(=O)c1ccccc1CNC1CCC(=O)NC1=O. The van der Waals surface area contributed by atoms with Crippen LogP contribution in [0.25, 0.3) is 0 Å². The van der Waals surface area contributed by atoms with Crippen LogP contribution in [0.15, 0.2) is 24.3 Å². The summed E-state index contributed by atoms with van der Waals surface area (Å²) in [6, 6.07) is 6.53. The molecule has 2 rings (SSSR count). The number of rotatable bonds is 4. The Morgan fingerprint density at radius 1 is 1.37 bits per heavy atom. The molecule has 1 aliphatic heterocycles. The van der Waals surface area contributed by atoms with Crippen molar-refractivity contribution in [1.82, 2.24) is 10.6 Å². The fourth-order valence-corrected chi connectivity index (χ4v) is 2.04. The Morgan fingerprint density at radius 2 is 2.11 bits per heavy atom. The number of hydrogen-bond donors (Lipinski definition) is 3. The van der Waals surface area contributed by atoms with Crippen LogP contribution in [0, 0.1) is 0 Å². The molecule has 19 heavy (non-hydrogen) atoms. The van der Waals surface area contributed by atoms with Crippen LogP contribution in [0.2, 0.25) is 0 Å². The summed E-state index contributed by atoms with van der Waals surface area (Å²) in [6.07, 6.45) is 0.782. The second-order valence-electron chi connectivity index (χ2n) is 4.41. The maximum Gasteiger partial charge on any atom is 0.249 e. The highest BCUT2D eigenvalue weighted by atomic mass is 16.2. The van der Waals surface area contributed by atoms with Crippen molar-refractivity contribution in [2.45, 2.75) is 25.4 Å². The van der Waals surface area contributed by atoms with Crippen LogP contribution in [-0.2, 0) is 16.1 Å². The highest BCUT2D eigenvalue weighted by Crippen LogP contribution is 2.10. The van der Waals surface area contributed by atoms with Gasteiger partial charge in [-0.05, 0) is 18.1 Å². The molecule has 3 amide bonds. The molecule has 0 bridgehead atoms. The van der Waals surface area contributed by atoms with Crippen molar-refractivity contribution in [3.05, 3.63) is 35.4 Å². The Hall–Kier alpha value is -2.21. The standard InChI is InChI=1S/C13H15N3O3/c14-12(18)9-4-2-1-3-8(9)7-15-10-5-6-11(17)16-13(10)19/h1-4,10,15H,5-7H2,(H2,14,18)(H,16,17,19). The quantitative estimate of drug-likeness (QED) is 0.646. The smallest absolute Gasteiger partial charge is 0.249 e. The number of nitrogens with two attached hydrogens (primary N) is 1. The summed E-state index contributed by atoms with van der Waals surface area (Å²) < 4.78 is 0. The van der Waals surface area contributed by atoms with Gasteiger partial charge in [0.1, 0.15) is 0 Å². The van der Waals surface area contributed by atoms with E-state index < -0.39 is 11.9 Å². The number of amides is 3. The number of piperidine rings is 1. The zero-order chi connectivity index (χ0) is 13.8. The molecule has 1 heterocycles. The first kappa shape index (κ1) is 13.2. The molecular weight excluding hydrogens is 246 g/mol. The lowest BCUT2D eigenvalue weighted by molar-refractivity contribution is -0.134. The number of benzene rings is 1. The predicted molar refractivity (Wildman–Crippen MR) is 68.0 cm³/mol. The van der Waals surface area contributed by atoms with Crippen molar-refractivity contribution in [3.63, 3.8) is 0 Å². The third-order valence-electron chi connectivity index (χ3n) is 3.06. The molecule has 1 saturated heterocycles. The van der Waals surface area contributed by atoms with Gasteiger partial charge in [-0.1, -0.05) is 18.2 Å². The molecule has 0 saturated carbocycles. The van der Waals surface area contributed by atoms with E-state index in [4.69, 9.17) is 5.73 Å². The van der Waals surface area contributed by atoms with Gasteiger partial charge in [0.25, 0.3) is 0 Å². The van der Waals surface area contributed by atoms with Crippen molar-refractivity contribution >= 4 is 17.7 Å². The van der Waals surface area contributed by atoms with Crippen molar-refractivity contribution in [1.29, 1.82) is 0 Å². The zero-order valence-corrected chi connectivity index (χ0v) is 10.3. The maximum atomic E-state index is 11.6. The molecule has 0 aliphatic carbocycles. The van der Waals surface area contributed by atoms with E-state index in [1.165, 1.54) is 0 Å². The average molecular weight is 261 g/mol. The van der Waals surface area contributed by atoms with E-state index in [-0.39, 0.29) is 11.8 Å². The van der Waals surface area contributed by atoms with E-state index in [0.717, 1.165) is 5.56 Å². The monoisotopic (exact) mass is 261 g/mol. The molecule has 100 valence electrons. The number of imide groups is 1. The first-order valence-electron chi connectivity index (χ1n) is 6.02. The third kappa shape index (κ3) is 3.17. The maximum absolute atomic E-state index is 11.6. The van der Waals surface area contributed by atoms with Crippen LogP contribution in [0.4, 0.5) is 0 Å². The van der Waals surface area contributed by atoms with Gasteiger partial charge in [-0.25, -0.2) is 0 Å². The van der Waals surface area contributed by atoms with Crippen LogP contribution < -0.4 is 16.4 Å². The summed E-state index contributed by atoms with van der Waals surface area (Å²) in [5, 5.41) is 5.30. The van der Waals surface area contributed by atoms with Gasteiger partial charge in [0.05, 0.1) is 6.04 Å². The molecule has 0 aromatic heterocycles. The van der Waals surface area contributed by atoms with Gasteiger partial charge in [0.15, 0.2) is 0 Å². The Balaban J connectivity index is 2.01. The summed E-state index contributed by atoms with van der Waals surface area (Å²) in [5.41, 5.74) is 6.45. The van der Waals surface area contributed by atoms with E-state index in [9.17, 15) is 14.4 Å². The molecule has 0 spiro atoms. The lowest BCUT2D eigenvalue weighted by atomic mass is 10.0. The number of carbonyl (C=O) groups is 3. The fourth-order valence-electron chi connectivity index (χ4n) is 2.04. The normalized spacial score (nSPS) is 19.1. The molecule has 6 nitrogen and oxygen atoms in total. The first-order chi connectivity index (χ1) is 9.08. The zero-order valence-electron chi connectivity index (χ0n) is 10.3. The van der Waals surface area contributed by atoms with E-state index in [2.05, 4.69) is 10.6 Å². The minimum atomic E-state index is -0.499. The fraction of sp³-hybridized carbons (Fsp3) is 0.308. The van der Waals surface area contributed by atoms with Crippen LogP contribution in [-0.4, -0.2) is 23.8 Å². The second kappa shape index (κ2) is 5.62. The molecule has 6 heteroatoms. The Kier molecular flexibility index (Phi) is 3.91. The Bertz CT molecular complexity index is 528. The molecule has 1 aromatic rings. The molecule has 4 N–H and O–H groups in total. The van der Waals surface area contributed by atoms with Crippen LogP contribution in [0.1, 0.15) is 28.8 Å². The van der Waals surface area contributed by atoms with Gasteiger partial charge >= 0.3 is 0 Å². The third-order valence-corrected chi connectivity index (χ3v) is 3.06. The van der Waals surface area contributed by atoms with Gasteiger partial charge in [-0.3, -0.25) is 19.7 Å². The number of primary amides is 1. The van der Waals surface area contributed by atoms with Crippen molar-refractivity contribution in [2.75, 3.05) is 0 Å². The summed E-state index contributed by atoms with van der Waals surface area (Å²) in [6.45, 7) is 0.353. The predicted octanol–water partition coefficient (Wildman–Crippen LogP) is -0.320. The average Bonchev–Trinajstić information content (AvgIpc) is 2.38. The molecule has 1 atom stereocenters. The second-order valence-corrected chi connectivity index (χ2v) is 4.41. The number of nitrogens with one attached hydrogen (secondary N) is 2. The van der Waals surface area contributed by atoms with Gasteiger partial charge in [0, 0.05) is 18.5 Å². The van der Waals surface area contributed by atoms with Gasteiger partial charge in [0.2, 0.25) is 17.7 Å². The molecule has 1 aliphatic rings. The highest BCUT2D eigenvalue weighted by Gasteiger charge is 2.26. The minimum absolute atomic E-state index is 0.249. The van der Waals surface area contributed by atoms with Gasteiger partial charge in [-0.15, -0.1) is 0 Å². The molecule has 1 fully saturated rings. The summed E-state index contributed by atoms with van der Waals surface area (Å²) >= 11 is 0. The van der Waals surface area contributed by atoms with E-state index in [0.29, 0.717) is 24.9 Å². The van der Waals surface area contributed by atoms with E-state index in [1.807, 2.05) is 0 Å². The number of hydrogen-bond acceptors (Lipinski definition) is 4. The lowest BCUT2D eigenvalue weighted by Gasteiger charge is -2.22. The van der Waals surface area contributed by atoms with Crippen LogP contribution in [0.5, 0.6) is 0 Å². The Labute approximate surface area is 110 Å². The first-order valence-corrected chi connectivity index (χ1v) is 6.02. The molecule has 0 radical (unpaired) electrons.